The lowest BCUT2D eigenvalue weighted by Crippen LogP contribution is -1.95. The van der Waals surface area contributed by atoms with Crippen LogP contribution in [0.4, 0.5) is 0 Å². The van der Waals surface area contributed by atoms with E-state index in [1.807, 2.05) is 12.4 Å². The van der Waals surface area contributed by atoms with E-state index in [0.717, 1.165) is 24.0 Å². The molecule has 0 fully saturated rings. The van der Waals surface area contributed by atoms with E-state index in [2.05, 4.69) is 140 Å². The van der Waals surface area contributed by atoms with Crippen LogP contribution in [0.25, 0.3) is 54.9 Å². The Kier molecular flexibility index (Phi) is 6.39. The summed E-state index contributed by atoms with van der Waals surface area (Å²) in [7, 11) is 0. The Hall–Kier alpha value is -5.01. The van der Waals surface area contributed by atoms with Crippen LogP contribution in [0.1, 0.15) is 24.0 Å². The normalized spacial score (nSPS) is 13.5. The molecule has 7 rings (SSSR count). The van der Waals surface area contributed by atoms with E-state index < -0.39 is 0 Å². The third-order valence-electron chi connectivity index (χ3n) is 7.77. The van der Waals surface area contributed by atoms with Gasteiger partial charge in [0, 0.05) is 23.5 Å². The van der Waals surface area contributed by atoms with Gasteiger partial charge in [0.2, 0.25) is 0 Å². The molecule has 1 heteroatoms. The highest BCUT2D eigenvalue weighted by Crippen LogP contribution is 2.43. The fourth-order valence-electron chi connectivity index (χ4n) is 5.92. The van der Waals surface area contributed by atoms with Gasteiger partial charge in [-0.3, -0.25) is 4.98 Å². The Morgan fingerprint density at radius 1 is 0.450 bits per heavy atom. The molecule has 6 aromatic rings. The molecule has 0 amide bonds. The first-order valence-corrected chi connectivity index (χ1v) is 14.0. The second-order valence-corrected chi connectivity index (χ2v) is 10.3. The van der Waals surface area contributed by atoms with Crippen LogP contribution >= 0.6 is 0 Å². The van der Waals surface area contributed by atoms with Gasteiger partial charge >= 0.3 is 0 Å². The molecule has 0 atom stereocenters. The molecule has 0 unspecified atom stereocenters. The maximum Gasteiger partial charge on any atom is 0.0347 e. The summed E-state index contributed by atoms with van der Waals surface area (Å²) in [6.45, 7) is 0. The number of nitrogens with zero attached hydrogens (tertiary/aromatic N) is 1. The average Bonchev–Trinajstić information content (AvgIpc) is 3.01. The lowest BCUT2D eigenvalue weighted by atomic mass is 9.84. The van der Waals surface area contributed by atoms with Crippen molar-refractivity contribution in [2.45, 2.75) is 12.8 Å². The fourth-order valence-corrected chi connectivity index (χ4v) is 5.92. The minimum Gasteiger partial charge on any atom is -0.263 e. The molecule has 190 valence electrons. The molecule has 40 heavy (non-hydrogen) atoms. The van der Waals surface area contributed by atoms with Gasteiger partial charge in [0.05, 0.1) is 0 Å². The Balaban J connectivity index is 1.50. The zero-order valence-corrected chi connectivity index (χ0v) is 22.3. The van der Waals surface area contributed by atoms with Crippen LogP contribution in [0.5, 0.6) is 0 Å². The SMILES string of the molecule is C1=CC(c2ccccc2)=CC(c2c3ccccc3c(-c3cncc(-c4ccccc4)c3)c3ccccc23)=CCC1. The van der Waals surface area contributed by atoms with Gasteiger partial charge in [-0.25, -0.2) is 0 Å². The van der Waals surface area contributed by atoms with Gasteiger partial charge in [-0.15, -0.1) is 0 Å². The van der Waals surface area contributed by atoms with Crippen LogP contribution in [0.3, 0.4) is 0 Å². The average molecular weight is 512 g/mol. The molecule has 0 aliphatic heterocycles. The fraction of sp³-hybridized carbons (Fsp3) is 0.0513. The van der Waals surface area contributed by atoms with Gasteiger partial charge in [-0.05, 0) is 79.9 Å². The van der Waals surface area contributed by atoms with E-state index in [-0.39, 0.29) is 0 Å². The smallest absolute Gasteiger partial charge is 0.0347 e. The van der Waals surface area contributed by atoms with Crippen molar-refractivity contribution in [3.8, 4) is 22.3 Å². The number of allylic oxidation sites excluding steroid dienone is 6. The molecule has 0 N–H and O–H groups in total. The number of rotatable bonds is 4. The number of aromatic nitrogens is 1. The van der Waals surface area contributed by atoms with Gasteiger partial charge in [-0.1, -0.05) is 127 Å². The molecule has 1 aromatic heterocycles. The Labute approximate surface area is 235 Å². The minimum atomic E-state index is 1.01. The molecule has 0 spiro atoms. The lowest BCUT2D eigenvalue weighted by molar-refractivity contribution is 1.05. The zero-order chi connectivity index (χ0) is 26.7. The molecule has 1 aliphatic rings. The maximum absolute atomic E-state index is 4.70. The first kappa shape index (κ1) is 24.1. The number of fused-ring (bicyclic) bond motifs is 2. The van der Waals surface area contributed by atoms with Gasteiger partial charge in [-0.2, -0.15) is 0 Å². The van der Waals surface area contributed by atoms with Crippen LogP contribution in [0.15, 0.2) is 152 Å². The number of benzene rings is 5. The molecular weight excluding hydrogens is 482 g/mol. The van der Waals surface area contributed by atoms with E-state index >= 15 is 0 Å². The lowest BCUT2D eigenvalue weighted by Gasteiger charge is -2.19. The van der Waals surface area contributed by atoms with Crippen molar-refractivity contribution in [1.82, 2.24) is 4.98 Å². The van der Waals surface area contributed by atoms with Crippen molar-refractivity contribution in [3.05, 3.63) is 163 Å². The van der Waals surface area contributed by atoms with Crippen molar-refractivity contribution in [3.63, 3.8) is 0 Å². The van der Waals surface area contributed by atoms with Crippen LogP contribution in [-0.2, 0) is 0 Å². The Morgan fingerprint density at radius 3 is 1.65 bits per heavy atom. The maximum atomic E-state index is 4.70. The van der Waals surface area contributed by atoms with Gasteiger partial charge in [0.1, 0.15) is 0 Å². The largest absolute Gasteiger partial charge is 0.263 e. The van der Waals surface area contributed by atoms with Crippen LogP contribution < -0.4 is 0 Å². The van der Waals surface area contributed by atoms with E-state index in [9.17, 15) is 0 Å². The summed E-state index contributed by atoms with van der Waals surface area (Å²) in [6, 6.07) is 41.2. The van der Waals surface area contributed by atoms with Gasteiger partial charge < -0.3 is 0 Å². The molecular formula is C39H29N. The topological polar surface area (TPSA) is 12.9 Å². The highest BCUT2D eigenvalue weighted by molar-refractivity contribution is 6.20. The number of hydrogen-bond acceptors (Lipinski definition) is 1. The molecule has 1 aliphatic carbocycles. The molecule has 5 aromatic carbocycles. The van der Waals surface area contributed by atoms with Crippen molar-refractivity contribution < 1.29 is 0 Å². The second kappa shape index (κ2) is 10.6. The van der Waals surface area contributed by atoms with Crippen molar-refractivity contribution >= 4 is 32.7 Å². The van der Waals surface area contributed by atoms with E-state index in [4.69, 9.17) is 4.98 Å². The van der Waals surface area contributed by atoms with Gasteiger partial charge in [0.25, 0.3) is 0 Å². The summed E-state index contributed by atoms with van der Waals surface area (Å²) in [4.78, 5) is 4.70. The highest BCUT2D eigenvalue weighted by atomic mass is 14.6. The standard InChI is InChI=1S/C39H29N/c1-4-14-28(15-5-1)30-18-8-3-9-19-31(24-30)38-34-20-10-12-22-36(34)39(37-23-13-11-21-35(37)38)33-25-32(26-40-27-33)29-16-6-2-7-17-29/h1-2,4-8,10-27H,3,9H2. The quantitative estimate of drug-likeness (QED) is 0.215. The summed E-state index contributed by atoms with van der Waals surface area (Å²) in [5.41, 5.74) is 9.72. The van der Waals surface area contributed by atoms with Gasteiger partial charge in [0.15, 0.2) is 0 Å². The summed E-state index contributed by atoms with van der Waals surface area (Å²) >= 11 is 0. The first-order chi connectivity index (χ1) is 19.9. The van der Waals surface area contributed by atoms with E-state index in [1.165, 1.54) is 54.9 Å². The molecule has 0 bridgehead atoms. The summed E-state index contributed by atoms with van der Waals surface area (Å²) < 4.78 is 0. The monoisotopic (exact) mass is 511 g/mol. The van der Waals surface area contributed by atoms with Crippen molar-refractivity contribution in [2.24, 2.45) is 0 Å². The molecule has 0 saturated carbocycles. The van der Waals surface area contributed by atoms with E-state index in [0.29, 0.717) is 0 Å². The number of pyridine rings is 1. The predicted octanol–water partition coefficient (Wildman–Crippen LogP) is 10.5. The van der Waals surface area contributed by atoms with E-state index in [1.54, 1.807) is 0 Å². The van der Waals surface area contributed by atoms with Crippen molar-refractivity contribution in [2.75, 3.05) is 0 Å². The summed E-state index contributed by atoms with van der Waals surface area (Å²) in [5.74, 6) is 0. The molecule has 0 radical (unpaired) electrons. The van der Waals surface area contributed by atoms with Crippen molar-refractivity contribution in [1.29, 1.82) is 0 Å². The Bertz CT molecular complexity index is 1870. The second-order valence-electron chi connectivity index (χ2n) is 10.3. The Morgan fingerprint density at radius 2 is 1.00 bits per heavy atom. The summed E-state index contributed by atoms with van der Waals surface area (Å²) in [5, 5.41) is 5.02. The molecule has 1 nitrogen and oxygen atoms in total. The summed E-state index contributed by atoms with van der Waals surface area (Å²) in [6.07, 6.45) is 15.4. The minimum absolute atomic E-state index is 1.01. The highest BCUT2D eigenvalue weighted by Gasteiger charge is 2.18. The van der Waals surface area contributed by atoms with Crippen LogP contribution in [-0.4, -0.2) is 4.98 Å². The molecule has 1 heterocycles. The zero-order valence-electron chi connectivity index (χ0n) is 22.3. The number of hydrogen-bond donors (Lipinski definition) is 0. The third-order valence-corrected chi connectivity index (χ3v) is 7.77. The first-order valence-electron chi connectivity index (χ1n) is 14.0. The molecule has 0 saturated heterocycles. The van der Waals surface area contributed by atoms with Crippen LogP contribution in [0, 0.1) is 0 Å². The predicted molar refractivity (Wildman–Crippen MR) is 171 cm³/mol. The third kappa shape index (κ3) is 4.46. The van der Waals surface area contributed by atoms with Crippen LogP contribution in [0.2, 0.25) is 0 Å².